The lowest BCUT2D eigenvalue weighted by Crippen LogP contribution is -2.26. The van der Waals surface area contributed by atoms with Gasteiger partial charge in [0.15, 0.2) is 0 Å². The van der Waals surface area contributed by atoms with Crippen molar-refractivity contribution in [2.75, 3.05) is 18.5 Å². The third-order valence-corrected chi connectivity index (χ3v) is 3.53. The summed E-state index contributed by atoms with van der Waals surface area (Å²) in [6, 6.07) is 6.31. The van der Waals surface area contributed by atoms with E-state index < -0.39 is 0 Å². The van der Waals surface area contributed by atoms with E-state index in [1.807, 2.05) is 13.8 Å². The molecule has 0 aliphatic heterocycles. The number of aryl methyl sites for hydroxylation is 1. The van der Waals surface area contributed by atoms with E-state index >= 15 is 0 Å². The summed E-state index contributed by atoms with van der Waals surface area (Å²) in [7, 11) is 0. The molecule has 0 bridgehead atoms. The Kier molecular flexibility index (Phi) is 4.40. The van der Waals surface area contributed by atoms with Crippen LogP contribution in [0.15, 0.2) is 18.2 Å². The second kappa shape index (κ2) is 5.16. The number of aliphatic hydroxyl groups excluding tert-OH is 1. The lowest BCUT2D eigenvalue weighted by Gasteiger charge is -2.22. The van der Waals surface area contributed by atoms with E-state index in [9.17, 15) is 0 Å². The normalized spacial score (nSPS) is 11.5. The Hall–Kier alpha value is -0.290. The van der Waals surface area contributed by atoms with E-state index in [0.717, 1.165) is 12.2 Å². The minimum Gasteiger partial charge on any atom is -0.396 e. The zero-order valence-corrected chi connectivity index (χ0v) is 11.6. The summed E-state index contributed by atoms with van der Waals surface area (Å²) in [5.41, 5.74) is 2.34. The number of hydrogen-bond acceptors (Lipinski definition) is 2. The molecule has 1 aromatic carbocycles. The summed E-state index contributed by atoms with van der Waals surface area (Å²) in [6.07, 6.45) is 0. The molecule has 0 saturated heterocycles. The molecule has 0 fully saturated rings. The van der Waals surface area contributed by atoms with Gasteiger partial charge in [0.2, 0.25) is 0 Å². The maximum atomic E-state index is 9.13. The molecule has 84 valence electrons. The van der Waals surface area contributed by atoms with Gasteiger partial charge in [-0.05, 0) is 47.2 Å². The van der Waals surface area contributed by atoms with E-state index in [4.69, 9.17) is 5.11 Å². The van der Waals surface area contributed by atoms with E-state index in [-0.39, 0.29) is 12.0 Å². The summed E-state index contributed by atoms with van der Waals surface area (Å²) < 4.78 is 1.26. The van der Waals surface area contributed by atoms with E-state index in [1.165, 1.54) is 9.13 Å². The zero-order chi connectivity index (χ0) is 11.5. The van der Waals surface area contributed by atoms with Gasteiger partial charge in [0.05, 0.1) is 0 Å². The average Bonchev–Trinajstić information content (AvgIpc) is 2.20. The van der Waals surface area contributed by atoms with Crippen molar-refractivity contribution in [1.82, 2.24) is 0 Å². The quantitative estimate of drug-likeness (QED) is 0.836. The number of rotatable bonds is 4. The summed E-state index contributed by atoms with van der Waals surface area (Å²) in [6.45, 7) is 7.16. The van der Waals surface area contributed by atoms with Crippen LogP contribution in [-0.2, 0) is 0 Å². The smallest absolute Gasteiger partial charge is 0.0498 e. The van der Waals surface area contributed by atoms with Gasteiger partial charge in [0, 0.05) is 27.8 Å². The highest BCUT2D eigenvalue weighted by Gasteiger charge is 2.15. The highest BCUT2D eigenvalue weighted by Crippen LogP contribution is 2.19. The van der Waals surface area contributed by atoms with Crippen molar-refractivity contribution in [3.63, 3.8) is 0 Å². The van der Waals surface area contributed by atoms with E-state index in [1.54, 1.807) is 0 Å². The van der Waals surface area contributed by atoms with Crippen molar-refractivity contribution in [2.24, 2.45) is 5.41 Å². The molecule has 0 spiro atoms. The number of nitrogens with one attached hydrogen (secondary N) is 1. The standard InChI is InChI=1S/C12H18INO/c1-9-4-5-10(6-11(9)13)14-7-12(2,3)8-15/h4-6,14-15H,7-8H2,1-3H3. The molecule has 0 aliphatic carbocycles. The number of aliphatic hydroxyl groups is 1. The SMILES string of the molecule is Cc1ccc(NCC(C)(C)CO)cc1I. The predicted molar refractivity (Wildman–Crippen MR) is 73.3 cm³/mol. The highest BCUT2D eigenvalue weighted by molar-refractivity contribution is 14.1. The Labute approximate surface area is 105 Å². The third kappa shape index (κ3) is 3.99. The second-order valence-corrected chi connectivity index (χ2v) is 5.80. The first-order chi connectivity index (χ1) is 6.94. The van der Waals surface area contributed by atoms with Crippen LogP contribution in [0.5, 0.6) is 0 Å². The van der Waals surface area contributed by atoms with E-state index in [2.05, 4.69) is 53.0 Å². The first kappa shape index (κ1) is 12.8. The van der Waals surface area contributed by atoms with Crippen LogP contribution in [0.2, 0.25) is 0 Å². The van der Waals surface area contributed by atoms with Gasteiger partial charge in [-0.2, -0.15) is 0 Å². The molecule has 0 atom stereocenters. The summed E-state index contributed by atoms with van der Waals surface area (Å²) in [5, 5.41) is 12.5. The molecule has 0 aliphatic rings. The fraction of sp³-hybridized carbons (Fsp3) is 0.500. The Balaban J connectivity index is 2.62. The van der Waals surface area contributed by atoms with Crippen molar-refractivity contribution >= 4 is 28.3 Å². The number of halogens is 1. The van der Waals surface area contributed by atoms with Gasteiger partial charge in [0.25, 0.3) is 0 Å². The lowest BCUT2D eigenvalue weighted by molar-refractivity contribution is 0.171. The van der Waals surface area contributed by atoms with Crippen molar-refractivity contribution < 1.29 is 5.11 Å². The Morgan fingerprint density at radius 1 is 1.40 bits per heavy atom. The first-order valence-electron chi connectivity index (χ1n) is 5.05. The molecule has 2 nitrogen and oxygen atoms in total. The predicted octanol–water partition coefficient (Wildman–Crippen LogP) is 3.03. The van der Waals surface area contributed by atoms with Gasteiger partial charge in [-0.3, -0.25) is 0 Å². The average molecular weight is 319 g/mol. The monoisotopic (exact) mass is 319 g/mol. The van der Waals surface area contributed by atoms with Crippen LogP contribution in [0.25, 0.3) is 0 Å². The summed E-state index contributed by atoms with van der Waals surface area (Å²) in [4.78, 5) is 0. The number of hydrogen-bond donors (Lipinski definition) is 2. The van der Waals surface area contributed by atoms with Gasteiger partial charge in [-0.15, -0.1) is 0 Å². The molecular weight excluding hydrogens is 301 g/mol. The van der Waals surface area contributed by atoms with Crippen LogP contribution in [0.4, 0.5) is 5.69 Å². The van der Waals surface area contributed by atoms with Gasteiger partial charge < -0.3 is 10.4 Å². The molecule has 15 heavy (non-hydrogen) atoms. The van der Waals surface area contributed by atoms with Crippen molar-refractivity contribution in [1.29, 1.82) is 0 Å². The Bertz CT molecular complexity index is 336. The van der Waals surface area contributed by atoms with Crippen LogP contribution >= 0.6 is 22.6 Å². The van der Waals surface area contributed by atoms with Crippen LogP contribution < -0.4 is 5.32 Å². The molecule has 2 N–H and O–H groups in total. The highest BCUT2D eigenvalue weighted by atomic mass is 127. The number of benzene rings is 1. The number of anilines is 1. The van der Waals surface area contributed by atoms with Crippen LogP contribution in [0.3, 0.4) is 0 Å². The third-order valence-electron chi connectivity index (χ3n) is 2.37. The topological polar surface area (TPSA) is 32.3 Å². The minimum absolute atomic E-state index is 0.0731. The molecule has 0 heterocycles. The van der Waals surface area contributed by atoms with Crippen molar-refractivity contribution in [3.8, 4) is 0 Å². The van der Waals surface area contributed by atoms with Gasteiger partial charge >= 0.3 is 0 Å². The van der Waals surface area contributed by atoms with Crippen LogP contribution in [0, 0.1) is 15.9 Å². The van der Waals surface area contributed by atoms with Gasteiger partial charge in [-0.1, -0.05) is 19.9 Å². The maximum Gasteiger partial charge on any atom is 0.0498 e. The molecule has 0 saturated carbocycles. The molecule has 1 aromatic rings. The van der Waals surface area contributed by atoms with E-state index in [0.29, 0.717) is 0 Å². The Morgan fingerprint density at radius 2 is 2.07 bits per heavy atom. The fourth-order valence-electron chi connectivity index (χ4n) is 1.10. The second-order valence-electron chi connectivity index (χ2n) is 4.64. The maximum absolute atomic E-state index is 9.13. The molecule has 1 rings (SSSR count). The largest absolute Gasteiger partial charge is 0.396 e. The van der Waals surface area contributed by atoms with Gasteiger partial charge in [-0.25, -0.2) is 0 Å². The Morgan fingerprint density at radius 3 is 2.60 bits per heavy atom. The molecular formula is C12H18INO. The minimum atomic E-state index is -0.0731. The summed E-state index contributed by atoms with van der Waals surface area (Å²) >= 11 is 2.33. The van der Waals surface area contributed by atoms with Crippen molar-refractivity contribution in [2.45, 2.75) is 20.8 Å². The van der Waals surface area contributed by atoms with Crippen LogP contribution in [0.1, 0.15) is 19.4 Å². The first-order valence-corrected chi connectivity index (χ1v) is 6.13. The zero-order valence-electron chi connectivity index (χ0n) is 9.47. The van der Waals surface area contributed by atoms with Crippen LogP contribution in [-0.4, -0.2) is 18.3 Å². The van der Waals surface area contributed by atoms with Crippen molar-refractivity contribution in [3.05, 3.63) is 27.3 Å². The molecule has 3 heteroatoms. The molecule has 0 aromatic heterocycles. The molecule has 0 unspecified atom stereocenters. The summed E-state index contributed by atoms with van der Waals surface area (Å²) in [5.74, 6) is 0. The lowest BCUT2D eigenvalue weighted by atomic mass is 9.95. The van der Waals surface area contributed by atoms with Gasteiger partial charge in [0.1, 0.15) is 0 Å². The molecule has 0 amide bonds. The molecule has 0 radical (unpaired) electrons. The fourth-order valence-corrected chi connectivity index (χ4v) is 1.62.